The molecule has 0 aromatic rings. The maximum Gasteiger partial charge on any atom is 0.149 e. The summed E-state index contributed by atoms with van der Waals surface area (Å²) in [6.45, 7) is 10.7. The number of carbonyl (C=O) groups is 1. The molecule has 90 valence electrons. The summed E-state index contributed by atoms with van der Waals surface area (Å²) < 4.78 is 0. The van der Waals surface area contributed by atoms with E-state index in [9.17, 15) is 4.79 Å². The molecule has 0 spiro atoms. The summed E-state index contributed by atoms with van der Waals surface area (Å²) >= 11 is 0. The molecular weight excluding hydrogens is 188 g/mol. The van der Waals surface area contributed by atoms with Crippen LogP contribution in [-0.4, -0.2) is 31.5 Å². The van der Waals surface area contributed by atoms with Crippen LogP contribution >= 0.6 is 0 Å². The first-order chi connectivity index (χ1) is 7.04. The van der Waals surface area contributed by atoms with Crippen molar-refractivity contribution >= 4 is 5.78 Å². The Bertz CT molecular complexity index is 167. The van der Waals surface area contributed by atoms with Gasteiger partial charge in [0.2, 0.25) is 0 Å². The molecule has 2 N–H and O–H groups in total. The number of carbonyl (C=O) groups excluding carboxylic acids is 1. The van der Waals surface area contributed by atoms with Gasteiger partial charge < -0.3 is 10.6 Å². The normalized spacial score (nSPS) is 11.3. The van der Waals surface area contributed by atoms with E-state index in [-0.39, 0.29) is 5.92 Å². The Balaban J connectivity index is 3.15. The number of Topliss-reactive ketones (excluding diaryl/α,β-unsaturated/α-hetero) is 1. The van der Waals surface area contributed by atoms with Gasteiger partial charge in [0.25, 0.3) is 0 Å². The zero-order chi connectivity index (χ0) is 11.7. The van der Waals surface area contributed by atoms with Crippen molar-refractivity contribution in [1.82, 2.24) is 10.6 Å². The predicted octanol–water partition coefficient (Wildman–Crippen LogP) is 1.58. The Kier molecular flexibility index (Phi) is 8.62. The van der Waals surface area contributed by atoms with E-state index in [1.165, 1.54) is 6.42 Å². The lowest BCUT2D eigenvalue weighted by Gasteiger charge is -2.08. The van der Waals surface area contributed by atoms with Crippen molar-refractivity contribution in [3.63, 3.8) is 0 Å². The SMILES string of the molecule is CC(C)NCCCCNCC(=O)C(C)C. The monoisotopic (exact) mass is 214 g/mol. The van der Waals surface area contributed by atoms with Crippen molar-refractivity contribution in [2.24, 2.45) is 5.92 Å². The second kappa shape index (κ2) is 8.86. The molecule has 0 aliphatic rings. The molecule has 0 amide bonds. The van der Waals surface area contributed by atoms with Crippen LogP contribution in [0, 0.1) is 5.92 Å². The van der Waals surface area contributed by atoms with Crippen LogP contribution in [0.2, 0.25) is 0 Å². The number of hydrogen-bond donors (Lipinski definition) is 2. The van der Waals surface area contributed by atoms with Crippen molar-refractivity contribution < 1.29 is 4.79 Å². The van der Waals surface area contributed by atoms with E-state index in [1.807, 2.05) is 13.8 Å². The number of rotatable bonds is 9. The molecule has 0 unspecified atom stereocenters. The third kappa shape index (κ3) is 9.88. The maximum absolute atomic E-state index is 11.2. The van der Waals surface area contributed by atoms with Crippen LogP contribution < -0.4 is 10.6 Å². The molecule has 3 heteroatoms. The third-order valence-corrected chi connectivity index (χ3v) is 2.28. The molecule has 0 heterocycles. The van der Waals surface area contributed by atoms with Crippen molar-refractivity contribution in [3.05, 3.63) is 0 Å². The van der Waals surface area contributed by atoms with E-state index in [2.05, 4.69) is 24.5 Å². The van der Waals surface area contributed by atoms with E-state index >= 15 is 0 Å². The molecule has 0 aliphatic carbocycles. The maximum atomic E-state index is 11.2. The molecule has 3 nitrogen and oxygen atoms in total. The van der Waals surface area contributed by atoms with Gasteiger partial charge in [0.1, 0.15) is 5.78 Å². The van der Waals surface area contributed by atoms with Gasteiger partial charge in [0, 0.05) is 12.0 Å². The molecule has 15 heavy (non-hydrogen) atoms. The van der Waals surface area contributed by atoms with E-state index in [1.54, 1.807) is 0 Å². The number of nitrogens with one attached hydrogen (secondary N) is 2. The Morgan fingerprint density at radius 3 is 2.20 bits per heavy atom. The van der Waals surface area contributed by atoms with E-state index in [0.29, 0.717) is 18.4 Å². The summed E-state index contributed by atoms with van der Waals surface area (Å²) in [5.41, 5.74) is 0. The Morgan fingerprint density at radius 1 is 1.07 bits per heavy atom. The molecule has 0 rings (SSSR count). The van der Waals surface area contributed by atoms with Crippen molar-refractivity contribution in [3.8, 4) is 0 Å². The quantitative estimate of drug-likeness (QED) is 0.573. The number of unbranched alkanes of at least 4 members (excludes halogenated alkanes) is 1. The van der Waals surface area contributed by atoms with Gasteiger partial charge in [-0.15, -0.1) is 0 Å². The zero-order valence-corrected chi connectivity index (χ0v) is 10.6. The highest BCUT2D eigenvalue weighted by atomic mass is 16.1. The fourth-order valence-electron chi connectivity index (χ4n) is 1.18. The minimum absolute atomic E-state index is 0.153. The predicted molar refractivity (Wildman–Crippen MR) is 65.1 cm³/mol. The van der Waals surface area contributed by atoms with Crippen LogP contribution in [0.3, 0.4) is 0 Å². The Hall–Kier alpha value is -0.410. The minimum Gasteiger partial charge on any atom is -0.315 e. The second-order valence-electron chi connectivity index (χ2n) is 4.61. The second-order valence-corrected chi connectivity index (χ2v) is 4.61. The van der Waals surface area contributed by atoms with Gasteiger partial charge in [-0.1, -0.05) is 27.7 Å². The summed E-state index contributed by atoms with van der Waals surface area (Å²) in [5, 5.41) is 6.55. The van der Waals surface area contributed by atoms with Crippen molar-refractivity contribution in [1.29, 1.82) is 0 Å². The van der Waals surface area contributed by atoms with Crippen molar-refractivity contribution in [2.45, 2.75) is 46.6 Å². The van der Waals surface area contributed by atoms with Crippen LogP contribution in [0.15, 0.2) is 0 Å². The first-order valence-electron chi connectivity index (χ1n) is 6.01. The first kappa shape index (κ1) is 14.6. The molecule has 0 bridgehead atoms. The molecule has 0 aromatic heterocycles. The first-order valence-corrected chi connectivity index (χ1v) is 6.01. The standard InChI is InChI=1S/C12H26N2O/c1-10(2)12(15)9-13-7-5-6-8-14-11(3)4/h10-11,13-14H,5-9H2,1-4H3. The highest BCUT2D eigenvalue weighted by Crippen LogP contribution is 1.92. The summed E-state index contributed by atoms with van der Waals surface area (Å²) in [4.78, 5) is 11.2. The third-order valence-electron chi connectivity index (χ3n) is 2.28. The lowest BCUT2D eigenvalue weighted by Crippen LogP contribution is -2.28. The zero-order valence-electron chi connectivity index (χ0n) is 10.6. The molecule has 0 aromatic carbocycles. The van der Waals surface area contributed by atoms with Gasteiger partial charge in [0.05, 0.1) is 6.54 Å². The fourth-order valence-corrected chi connectivity index (χ4v) is 1.18. The average molecular weight is 214 g/mol. The van der Waals surface area contributed by atoms with Gasteiger partial charge in [-0.3, -0.25) is 4.79 Å². The molecule has 0 radical (unpaired) electrons. The lowest BCUT2D eigenvalue weighted by atomic mass is 10.1. The summed E-state index contributed by atoms with van der Waals surface area (Å²) in [6.07, 6.45) is 2.30. The fraction of sp³-hybridized carbons (Fsp3) is 0.917. The molecule has 0 saturated heterocycles. The molecule has 0 atom stereocenters. The van der Waals surface area contributed by atoms with Crippen molar-refractivity contribution in [2.75, 3.05) is 19.6 Å². The van der Waals surface area contributed by atoms with Gasteiger partial charge in [-0.25, -0.2) is 0 Å². The van der Waals surface area contributed by atoms with Crippen LogP contribution in [0.5, 0.6) is 0 Å². The van der Waals surface area contributed by atoms with Crippen LogP contribution in [0.4, 0.5) is 0 Å². The van der Waals surface area contributed by atoms with Gasteiger partial charge in [-0.2, -0.15) is 0 Å². The molecule has 0 aliphatic heterocycles. The lowest BCUT2D eigenvalue weighted by molar-refractivity contribution is -0.121. The smallest absolute Gasteiger partial charge is 0.149 e. The van der Waals surface area contributed by atoms with Crippen LogP contribution in [-0.2, 0) is 4.79 Å². The largest absolute Gasteiger partial charge is 0.315 e. The van der Waals surface area contributed by atoms with Gasteiger partial charge in [0.15, 0.2) is 0 Å². The summed E-state index contributed by atoms with van der Waals surface area (Å²) in [5.74, 6) is 0.454. The topological polar surface area (TPSA) is 41.1 Å². The highest BCUT2D eigenvalue weighted by molar-refractivity contribution is 5.82. The highest BCUT2D eigenvalue weighted by Gasteiger charge is 2.05. The van der Waals surface area contributed by atoms with E-state index in [0.717, 1.165) is 19.5 Å². The minimum atomic E-state index is 0.153. The van der Waals surface area contributed by atoms with E-state index in [4.69, 9.17) is 0 Å². The molecule has 0 saturated carbocycles. The number of ketones is 1. The van der Waals surface area contributed by atoms with E-state index < -0.39 is 0 Å². The Morgan fingerprint density at radius 2 is 1.67 bits per heavy atom. The van der Waals surface area contributed by atoms with Crippen LogP contribution in [0.25, 0.3) is 0 Å². The van der Waals surface area contributed by atoms with Gasteiger partial charge >= 0.3 is 0 Å². The number of hydrogen-bond acceptors (Lipinski definition) is 3. The Labute approximate surface area is 94.0 Å². The molecular formula is C12H26N2O. The average Bonchev–Trinajstić information content (AvgIpc) is 2.15. The van der Waals surface area contributed by atoms with Gasteiger partial charge in [-0.05, 0) is 25.9 Å². The van der Waals surface area contributed by atoms with Crippen LogP contribution in [0.1, 0.15) is 40.5 Å². The summed E-state index contributed by atoms with van der Waals surface area (Å²) in [7, 11) is 0. The summed E-state index contributed by atoms with van der Waals surface area (Å²) in [6, 6.07) is 0.570. The molecule has 0 fully saturated rings.